The standard InChI is InChI=1S/C19H20N4O4/c1-12-15(22-17(27-12)13-7-5-4-6-8-13)9-16(24)21-14-10-20-23(11-14)19(2,3)18(25)26/h4-8,10-11H,9H2,1-3H3,(H,21,24)(H,25,26). The van der Waals surface area contributed by atoms with Crippen molar-refractivity contribution in [2.24, 2.45) is 0 Å². The van der Waals surface area contributed by atoms with Gasteiger partial charge in [0.25, 0.3) is 0 Å². The number of aromatic nitrogens is 3. The summed E-state index contributed by atoms with van der Waals surface area (Å²) in [5, 5.41) is 16.0. The molecule has 1 amide bonds. The number of hydrogen-bond acceptors (Lipinski definition) is 5. The summed E-state index contributed by atoms with van der Waals surface area (Å²) < 4.78 is 6.95. The quantitative estimate of drug-likeness (QED) is 0.692. The normalized spacial score (nSPS) is 11.4. The van der Waals surface area contributed by atoms with Crippen LogP contribution in [0.25, 0.3) is 11.5 Å². The lowest BCUT2D eigenvalue weighted by Crippen LogP contribution is -2.35. The number of nitrogens with zero attached hydrogens (tertiary/aromatic N) is 3. The largest absolute Gasteiger partial charge is 0.479 e. The summed E-state index contributed by atoms with van der Waals surface area (Å²) in [5.74, 6) is -0.271. The summed E-state index contributed by atoms with van der Waals surface area (Å²) in [7, 11) is 0. The molecule has 1 aromatic carbocycles. The Kier molecular flexibility index (Phi) is 4.81. The number of carboxylic acids is 1. The topological polar surface area (TPSA) is 110 Å². The lowest BCUT2D eigenvalue weighted by atomic mass is 10.1. The van der Waals surface area contributed by atoms with E-state index in [1.807, 2.05) is 30.3 Å². The molecule has 8 heteroatoms. The Morgan fingerprint density at radius 3 is 2.63 bits per heavy atom. The van der Waals surface area contributed by atoms with Crippen molar-refractivity contribution in [2.45, 2.75) is 32.7 Å². The second kappa shape index (κ2) is 7.06. The highest BCUT2D eigenvalue weighted by Crippen LogP contribution is 2.22. The van der Waals surface area contributed by atoms with E-state index >= 15 is 0 Å². The monoisotopic (exact) mass is 368 g/mol. The molecule has 0 saturated heterocycles. The Hall–Kier alpha value is -3.42. The maximum Gasteiger partial charge on any atom is 0.331 e. The number of carboxylic acid groups (broad SMARTS) is 1. The van der Waals surface area contributed by atoms with E-state index in [0.29, 0.717) is 23.0 Å². The van der Waals surface area contributed by atoms with Crippen molar-refractivity contribution in [1.82, 2.24) is 14.8 Å². The van der Waals surface area contributed by atoms with Crippen molar-refractivity contribution in [3.63, 3.8) is 0 Å². The molecule has 0 radical (unpaired) electrons. The van der Waals surface area contributed by atoms with Gasteiger partial charge in [0.2, 0.25) is 11.8 Å². The molecule has 0 aliphatic carbocycles. The van der Waals surface area contributed by atoms with E-state index in [2.05, 4.69) is 15.4 Å². The molecular weight excluding hydrogens is 348 g/mol. The zero-order valence-corrected chi connectivity index (χ0v) is 15.3. The minimum Gasteiger partial charge on any atom is -0.479 e. The van der Waals surface area contributed by atoms with Gasteiger partial charge in [-0.15, -0.1) is 0 Å². The van der Waals surface area contributed by atoms with Gasteiger partial charge in [0.1, 0.15) is 5.76 Å². The molecular formula is C19H20N4O4. The zero-order valence-electron chi connectivity index (χ0n) is 15.3. The number of nitrogens with one attached hydrogen (secondary N) is 1. The second-order valence-electron chi connectivity index (χ2n) is 6.65. The lowest BCUT2D eigenvalue weighted by Gasteiger charge is -2.19. The Morgan fingerprint density at radius 1 is 1.26 bits per heavy atom. The summed E-state index contributed by atoms with van der Waals surface area (Å²) in [6.07, 6.45) is 2.93. The highest BCUT2D eigenvalue weighted by molar-refractivity contribution is 5.92. The molecule has 0 aliphatic heterocycles. The molecule has 8 nitrogen and oxygen atoms in total. The van der Waals surface area contributed by atoms with Crippen LogP contribution in [0.2, 0.25) is 0 Å². The number of oxazole rings is 1. The third-order valence-corrected chi connectivity index (χ3v) is 4.20. The van der Waals surface area contributed by atoms with E-state index in [1.165, 1.54) is 30.9 Å². The predicted octanol–water partition coefficient (Wildman–Crippen LogP) is 2.85. The molecule has 0 atom stereocenters. The van der Waals surface area contributed by atoms with E-state index in [4.69, 9.17) is 4.42 Å². The average Bonchev–Trinajstić information content (AvgIpc) is 3.23. The first kappa shape index (κ1) is 18.4. The van der Waals surface area contributed by atoms with Gasteiger partial charge in [0.05, 0.1) is 24.0 Å². The maximum atomic E-state index is 12.3. The van der Waals surface area contributed by atoms with Crippen molar-refractivity contribution < 1.29 is 19.1 Å². The predicted molar refractivity (Wildman–Crippen MR) is 98.2 cm³/mol. The van der Waals surface area contributed by atoms with E-state index in [9.17, 15) is 14.7 Å². The maximum absolute atomic E-state index is 12.3. The van der Waals surface area contributed by atoms with Gasteiger partial charge in [-0.1, -0.05) is 18.2 Å². The summed E-state index contributed by atoms with van der Waals surface area (Å²) in [6.45, 7) is 4.81. The van der Waals surface area contributed by atoms with Crippen molar-refractivity contribution in [3.8, 4) is 11.5 Å². The number of benzene rings is 1. The second-order valence-corrected chi connectivity index (χ2v) is 6.65. The molecule has 2 aromatic heterocycles. The highest BCUT2D eigenvalue weighted by Gasteiger charge is 2.30. The fraction of sp³-hybridized carbons (Fsp3) is 0.263. The fourth-order valence-corrected chi connectivity index (χ4v) is 2.44. The summed E-state index contributed by atoms with van der Waals surface area (Å²) in [5.41, 5.74) is 0.587. The van der Waals surface area contributed by atoms with E-state index in [0.717, 1.165) is 5.56 Å². The Labute approximate surface area is 155 Å². The van der Waals surface area contributed by atoms with Crippen molar-refractivity contribution in [2.75, 3.05) is 5.32 Å². The van der Waals surface area contributed by atoms with Crippen LogP contribution in [0.1, 0.15) is 25.3 Å². The number of amides is 1. The highest BCUT2D eigenvalue weighted by atomic mass is 16.4. The van der Waals surface area contributed by atoms with Crippen LogP contribution in [0.4, 0.5) is 5.69 Å². The van der Waals surface area contributed by atoms with Crippen LogP contribution in [-0.2, 0) is 21.5 Å². The first-order valence-electron chi connectivity index (χ1n) is 8.37. The van der Waals surface area contributed by atoms with Gasteiger partial charge in [-0.25, -0.2) is 9.78 Å². The van der Waals surface area contributed by atoms with Crippen LogP contribution < -0.4 is 5.32 Å². The van der Waals surface area contributed by atoms with E-state index in [1.54, 1.807) is 6.92 Å². The number of aryl methyl sites for hydroxylation is 1. The zero-order chi connectivity index (χ0) is 19.6. The Morgan fingerprint density at radius 2 is 1.96 bits per heavy atom. The molecule has 0 aliphatic rings. The molecule has 0 fully saturated rings. The molecule has 140 valence electrons. The molecule has 0 spiro atoms. The van der Waals surface area contributed by atoms with Gasteiger partial charge in [0, 0.05) is 11.8 Å². The van der Waals surface area contributed by atoms with Crippen molar-refractivity contribution >= 4 is 17.6 Å². The van der Waals surface area contributed by atoms with E-state index < -0.39 is 11.5 Å². The Bertz CT molecular complexity index is 973. The summed E-state index contributed by atoms with van der Waals surface area (Å²) in [4.78, 5) is 28.0. The van der Waals surface area contributed by atoms with Gasteiger partial charge in [-0.3, -0.25) is 9.48 Å². The third-order valence-electron chi connectivity index (χ3n) is 4.20. The first-order valence-corrected chi connectivity index (χ1v) is 8.37. The SMILES string of the molecule is Cc1oc(-c2ccccc2)nc1CC(=O)Nc1cnn(C(C)(C)C(=O)O)c1. The first-order chi connectivity index (χ1) is 12.8. The van der Waals surface area contributed by atoms with Gasteiger partial charge in [0.15, 0.2) is 5.54 Å². The molecule has 0 saturated carbocycles. The molecule has 27 heavy (non-hydrogen) atoms. The number of carbonyl (C=O) groups excluding carboxylic acids is 1. The van der Waals surface area contributed by atoms with Crippen LogP contribution >= 0.6 is 0 Å². The molecule has 3 aromatic rings. The van der Waals surface area contributed by atoms with Crippen LogP contribution in [-0.4, -0.2) is 31.7 Å². The van der Waals surface area contributed by atoms with Crippen molar-refractivity contribution in [1.29, 1.82) is 0 Å². The fourth-order valence-electron chi connectivity index (χ4n) is 2.44. The summed E-state index contributed by atoms with van der Waals surface area (Å²) >= 11 is 0. The van der Waals surface area contributed by atoms with Crippen molar-refractivity contribution in [3.05, 3.63) is 54.2 Å². The molecule has 2 heterocycles. The average molecular weight is 368 g/mol. The van der Waals surface area contributed by atoms with Crippen LogP contribution in [0.5, 0.6) is 0 Å². The van der Waals surface area contributed by atoms with Gasteiger partial charge >= 0.3 is 5.97 Å². The minimum absolute atomic E-state index is 0.0374. The number of anilines is 1. The number of aliphatic carboxylic acids is 1. The third kappa shape index (κ3) is 3.89. The minimum atomic E-state index is -1.21. The molecule has 2 N–H and O–H groups in total. The molecule has 3 rings (SSSR count). The molecule has 0 unspecified atom stereocenters. The van der Waals surface area contributed by atoms with Crippen LogP contribution in [0.15, 0.2) is 47.1 Å². The smallest absolute Gasteiger partial charge is 0.331 e. The van der Waals surface area contributed by atoms with Gasteiger partial charge in [-0.2, -0.15) is 5.10 Å². The molecule has 0 bridgehead atoms. The number of carbonyl (C=O) groups is 2. The van der Waals surface area contributed by atoms with E-state index in [-0.39, 0.29) is 12.3 Å². The van der Waals surface area contributed by atoms with Crippen LogP contribution in [0, 0.1) is 6.92 Å². The number of hydrogen-bond donors (Lipinski definition) is 2. The van der Waals surface area contributed by atoms with Gasteiger partial charge in [-0.05, 0) is 32.9 Å². The number of rotatable bonds is 6. The van der Waals surface area contributed by atoms with Crippen LogP contribution in [0.3, 0.4) is 0 Å². The summed E-state index contributed by atoms with van der Waals surface area (Å²) in [6, 6.07) is 9.44. The van der Waals surface area contributed by atoms with Gasteiger partial charge < -0.3 is 14.8 Å². The Balaban J connectivity index is 1.69. The lowest BCUT2D eigenvalue weighted by molar-refractivity contribution is -0.146.